The van der Waals surface area contributed by atoms with E-state index >= 15 is 0 Å². The molecular weight excluding hydrogens is 494 g/mol. The molecule has 0 atom stereocenters. The lowest BCUT2D eigenvalue weighted by Crippen LogP contribution is -2.39. The third-order valence-corrected chi connectivity index (χ3v) is 7.89. The molecule has 2 aromatic heterocycles. The number of guanidine groups is 1. The first kappa shape index (κ1) is 28.6. The van der Waals surface area contributed by atoms with E-state index in [4.69, 9.17) is 14.4 Å². The van der Waals surface area contributed by atoms with Gasteiger partial charge in [0.2, 0.25) is 16.0 Å². The van der Waals surface area contributed by atoms with Crippen molar-refractivity contribution in [3.05, 3.63) is 48.7 Å². The zero-order chi connectivity index (χ0) is 26.2. The number of aliphatic imine (C=N–C) groups is 1. The van der Waals surface area contributed by atoms with Gasteiger partial charge in [-0.05, 0) is 50.1 Å². The summed E-state index contributed by atoms with van der Waals surface area (Å²) in [5.74, 6) is 1.14. The molecule has 0 radical (unpaired) electrons. The van der Waals surface area contributed by atoms with E-state index in [0.29, 0.717) is 31.2 Å². The second kappa shape index (κ2) is 16.0. The van der Waals surface area contributed by atoms with E-state index in [1.165, 1.54) is 0 Å². The summed E-state index contributed by atoms with van der Waals surface area (Å²) in [6.45, 7) is 5.36. The van der Waals surface area contributed by atoms with Gasteiger partial charge in [-0.25, -0.2) is 8.42 Å². The molecule has 1 aliphatic heterocycles. The number of morpholine rings is 1. The molecule has 0 spiro atoms. The van der Waals surface area contributed by atoms with Gasteiger partial charge in [0.15, 0.2) is 6.19 Å². The minimum absolute atomic E-state index is 0.110. The highest BCUT2D eigenvalue weighted by atomic mass is 32.2. The number of rotatable bonds is 15. The minimum Gasteiger partial charge on any atom is -0.468 e. The molecule has 0 saturated carbocycles. The van der Waals surface area contributed by atoms with Gasteiger partial charge in [-0.3, -0.25) is 20.2 Å². The van der Waals surface area contributed by atoms with Crippen molar-refractivity contribution in [1.29, 1.82) is 5.26 Å². The number of furan rings is 1. The highest BCUT2D eigenvalue weighted by Gasteiger charge is 2.23. The first-order chi connectivity index (χ1) is 18.1. The van der Waals surface area contributed by atoms with Crippen molar-refractivity contribution in [2.75, 3.05) is 57.0 Å². The van der Waals surface area contributed by atoms with E-state index in [0.717, 1.165) is 64.2 Å². The first-order valence-corrected chi connectivity index (χ1v) is 14.3. The molecule has 0 bridgehead atoms. The quantitative estimate of drug-likeness (QED) is 0.117. The maximum Gasteiger partial charge on any atom is 0.214 e. The fraction of sp³-hybridized carbons (Fsp3) is 0.560. The molecule has 1 aliphatic rings. The number of unbranched alkanes of at least 4 members (excludes halogenated alkanes) is 3. The average Bonchev–Trinajstić information content (AvgIpc) is 3.42. The van der Waals surface area contributed by atoms with Crippen LogP contribution < -0.4 is 10.6 Å². The second-order valence-corrected chi connectivity index (χ2v) is 10.9. The molecule has 2 aromatic rings. The van der Waals surface area contributed by atoms with Crippen LogP contribution in [0, 0.1) is 11.5 Å². The Bertz CT molecular complexity index is 1070. The lowest BCUT2D eigenvalue weighted by atomic mass is 10.2. The van der Waals surface area contributed by atoms with Crippen LogP contribution in [0.1, 0.15) is 37.9 Å². The van der Waals surface area contributed by atoms with Gasteiger partial charge in [0.05, 0.1) is 31.8 Å². The summed E-state index contributed by atoms with van der Waals surface area (Å²) in [6.07, 6.45) is 10.5. The summed E-state index contributed by atoms with van der Waals surface area (Å²) in [7, 11) is -3.41. The van der Waals surface area contributed by atoms with Crippen molar-refractivity contribution in [3.63, 3.8) is 0 Å². The molecular formula is C25H37N7O4S. The van der Waals surface area contributed by atoms with Gasteiger partial charge in [0.1, 0.15) is 5.76 Å². The molecule has 202 valence electrons. The Morgan fingerprint density at radius 1 is 1.14 bits per heavy atom. The molecule has 11 nitrogen and oxygen atoms in total. The summed E-state index contributed by atoms with van der Waals surface area (Å²) in [5.41, 5.74) is 0.783. The zero-order valence-electron chi connectivity index (χ0n) is 21.2. The van der Waals surface area contributed by atoms with Crippen molar-refractivity contribution >= 4 is 21.7 Å². The Hall–Kier alpha value is -2.98. The van der Waals surface area contributed by atoms with Gasteiger partial charge in [-0.15, -0.1) is 0 Å². The van der Waals surface area contributed by atoms with E-state index < -0.39 is 10.0 Å². The second-order valence-electron chi connectivity index (χ2n) is 8.78. The summed E-state index contributed by atoms with van der Waals surface area (Å²) >= 11 is 0. The maximum absolute atomic E-state index is 13.1. The number of ether oxygens (including phenoxy) is 1. The number of anilines is 1. The molecule has 0 unspecified atom stereocenters. The van der Waals surface area contributed by atoms with Crippen LogP contribution in [-0.2, 0) is 21.3 Å². The Labute approximate surface area is 219 Å². The third kappa shape index (κ3) is 10.9. The largest absolute Gasteiger partial charge is 0.468 e. The van der Waals surface area contributed by atoms with Crippen LogP contribution in [-0.4, -0.2) is 80.3 Å². The molecule has 0 aliphatic carbocycles. The monoisotopic (exact) mass is 531 g/mol. The Kier molecular flexibility index (Phi) is 12.4. The SMILES string of the molecule is N#CNC(=NCCCCCCS(=O)(=O)N(CCCN1CCOCC1)Cc1ccco1)Nc1ccncc1. The Morgan fingerprint density at radius 3 is 2.65 bits per heavy atom. The minimum atomic E-state index is -3.41. The number of aromatic nitrogens is 1. The topological polar surface area (TPSA) is 136 Å². The van der Waals surface area contributed by atoms with Crippen LogP contribution in [0.15, 0.2) is 52.3 Å². The van der Waals surface area contributed by atoms with E-state index in [9.17, 15) is 8.42 Å². The number of hydrogen-bond donors (Lipinski definition) is 2. The molecule has 0 aromatic carbocycles. The van der Waals surface area contributed by atoms with Gasteiger partial charge in [-0.2, -0.15) is 9.57 Å². The fourth-order valence-corrected chi connectivity index (χ4v) is 5.55. The van der Waals surface area contributed by atoms with Gasteiger partial charge in [-0.1, -0.05) is 12.8 Å². The summed E-state index contributed by atoms with van der Waals surface area (Å²) in [6, 6.07) is 7.16. The van der Waals surface area contributed by atoms with Crippen molar-refractivity contribution in [2.45, 2.75) is 38.6 Å². The molecule has 12 heteroatoms. The Balaban J connectivity index is 1.40. The number of nitrogens with zero attached hydrogens (tertiary/aromatic N) is 5. The van der Waals surface area contributed by atoms with Gasteiger partial charge in [0, 0.05) is 44.3 Å². The molecule has 2 N–H and O–H groups in total. The van der Waals surface area contributed by atoms with E-state index in [2.05, 4.69) is 25.5 Å². The predicted molar refractivity (Wildman–Crippen MR) is 142 cm³/mol. The van der Waals surface area contributed by atoms with Crippen molar-refractivity contribution in [3.8, 4) is 6.19 Å². The molecule has 0 amide bonds. The molecule has 1 fully saturated rings. The van der Waals surface area contributed by atoms with Gasteiger partial charge < -0.3 is 14.5 Å². The van der Waals surface area contributed by atoms with Crippen LogP contribution in [0.25, 0.3) is 0 Å². The maximum atomic E-state index is 13.1. The molecule has 37 heavy (non-hydrogen) atoms. The summed E-state index contributed by atoms with van der Waals surface area (Å²) < 4.78 is 38.6. The van der Waals surface area contributed by atoms with Crippen LogP contribution in [0.3, 0.4) is 0 Å². The van der Waals surface area contributed by atoms with Crippen molar-refractivity contribution in [2.24, 2.45) is 4.99 Å². The summed E-state index contributed by atoms with van der Waals surface area (Å²) in [5, 5.41) is 14.5. The number of sulfonamides is 1. The molecule has 3 rings (SSSR count). The fourth-order valence-electron chi connectivity index (χ4n) is 3.99. The Morgan fingerprint density at radius 2 is 1.92 bits per heavy atom. The van der Waals surface area contributed by atoms with Crippen molar-refractivity contribution in [1.82, 2.24) is 19.5 Å². The van der Waals surface area contributed by atoms with Gasteiger partial charge >= 0.3 is 0 Å². The van der Waals surface area contributed by atoms with Crippen LogP contribution in [0.5, 0.6) is 0 Å². The van der Waals surface area contributed by atoms with E-state index in [1.807, 2.05) is 12.3 Å². The smallest absolute Gasteiger partial charge is 0.214 e. The lowest BCUT2D eigenvalue weighted by Gasteiger charge is -2.28. The lowest BCUT2D eigenvalue weighted by molar-refractivity contribution is 0.0368. The van der Waals surface area contributed by atoms with Crippen LogP contribution in [0.4, 0.5) is 5.69 Å². The standard InChI is InChI=1S/C25H37N7O4S/c26-22-29-25(30-23-8-11-27-12-9-23)28-10-3-1-2-4-20-37(33,34)32(21-24-7-5-17-36-24)14-6-13-31-15-18-35-19-16-31/h5,7-9,11-12,17H,1-4,6,10,13-16,18-21H2,(H2,27,28,29,30). The number of pyridine rings is 1. The average molecular weight is 532 g/mol. The molecule has 3 heterocycles. The first-order valence-electron chi connectivity index (χ1n) is 12.7. The highest BCUT2D eigenvalue weighted by Crippen LogP contribution is 2.14. The van der Waals surface area contributed by atoms with Crippen molar-refractivity contribution < 1.29 is 17.6 Å². The normalized spacial score (nSPS) is 15.0. The number of nitriles is 1. The van der Waals surface area contributed by atoms with E-state index in [-0.39, 0.29) is 12.3 Å². The van der Waals surface area contributed by atoms with Crippen LogP contribution in [0.2, 0.25) is 0 Å². The number of hydrogen-bond acceptors (Lipinski definition) is 8. The predicted octanol–water partition coefficient (Wildman–Crippen LogP) is 2.63. The highest BCUT2D eigenvalue weighted by molar-refractivity contribution is 7.89. The number of nitrogens with one attached hydrogen (secondary N) is 2. The zero-order valence-corrected chi connectivity index (χ0v) is 22.0. The van der Waals surface area contributed by atoms with Gasteiger partial charge in [0.25, 0.3) is 0 Å². The summed E-state index contributed by atoms with van der Waals surface area (Å²) in [4.78, 5) is 10.7. The molecule has 1 saturated heterocycles. The van der Waals surface area contributed by atoms with E-state index in [1.54, 1.807) is 41.2 Å². The third-order valence-electron chi connectivity index (χ3n) is 5.99. The van der Waals surface area contributed by atoms with Crippen LogP contribution >= 0.6 is 0 Å².